The summed E-state index contributed by atoms with van der Waals surface area (Å²) in [5, 5.41) is 12.7. The van der Waals surface area contributed by atoms with Gasteiger partial charge in [-0.3, -0.25) is 10.1 Å². The van der Waals surface area contributed by atoms with Gasteiger partial charge in [-0.2, -0.15) is 0 Å². The molecule has 0 saturated heterocycles. The van der Waals surface area contributed by atoms with Crippen LogP contribution in [0.1, 0.15) is 15.2 Å². The van der Waals surface area contributed by atoms with Gasteiger partial charge < -0.3 is 5.11 Å². The molecule has 0 atom stereocenters. The van der Waals surface area contributed by atoms with Crippen molar-refractivity contribution in [2.75, 3.05) is 5.32 Å². The summed E-state index contributed by atoms with van der Waals surface area (Å²) in [5.74, 6) is -0.393. The van der Waals surface area contributed by atoms with Crippen molar-refractivity contribution in [3.63, 3.8) is 0 Å². The lowest BCUT2D eigenvalue weighted by molar-refractivity contribution is 0.102. The number of nitrogens with zero attached hydrogens (tertiary/aromatic N) is 1. The standard InChI is InChI=1S/C11H9ClN2O2S/c1-6-5-13-11(17-6)14-10(16)8-4-7(15)2-3-9(8)12/h2-5,15H,1H3,(H,13,14,16). The van der Waals surface area contributed by atoms with Crippen LogP contribution in [0.5, 0.6) is 5.75 Å². The molecule has 4 nitrogen and oxygen atoms in total. The Balaban J connectivity index is 2.22. The van der Waals surface area contributed by atoms with Gasteiger partial charge in [0, 0.05) is 11.1 Å². The second-order valence-corrected chi connectivity index (χ2v) is 5.04. The number of thiazole rings is 1. The Labute approximate surface area is 107 Å². The molecule has 0 fully saturated rings. The summed E-state index contributed by atoms with van der Waals surface area (Å²) >= 11 is 7.25. The van der Waals surface area contributed by atoms with Gasteiger partial charge in [-0.1, -0.05) is 11.6 Å². The van der Waals surface area contributed by atoms with Crippen LogP contribution in [0.3, 0.4) is 0 Å². The van der Waals surface area contributed by atoms with E-state index in [0.717, 1.165) is 4.88 Å². The number of hydrogen-bond acceptors (Lipinski definition) is 4. The van der Waals surface area contributed by atoms with Crippen molar-refractivity contribution in [1.29, 1.82) is 0 Å². The van der Waals surface area contributed by atoms with Gasteiger partial charge in [-0.05, 0) is 25.1 Å². The number of rotatable bonds is 2. The number of phenols is 1. The summed E-state index contributed by atoms with van der Waals surface area (Å²) in [5.41, 5.74) is 0.222. The maximum absolute atomic E-state index is 11.9. The zero-order valence-corrected chi connectivity index (χ0v) is 10.5. The van der Waals surface area contributed by atoms with Crippen LogP contribution in [-0.2, 0) is 0 Å². The minimum atomic E-state index is -0.389. The van der Waals surface area contributed by atoms with Crippen molar-refractivity contribution < 1.29 is 9.90 Å². The van der Waals surface area contributed by atoms with Crippen LogP contribution < -0.4 is 5.32 Å². The lowest BCUT2D eigenvalue weighted by Crippen LogP contribution is -2.12. The molecule has 88 valence electrons. The van der Waals surface area contributed by atoms with Gasteiger partial charge in [-0.15, -0.1) is 11.3 Å². The molecule has 0 unspecified atom stereocenters. The Morgan fingerprint density at radius 2 is 2.29 bits per heavy atom. The van der Waals surface area contributed by atoms with Gasteiger partial charge in [0.05, 0.1) is 10.6 Å². The fraction of sp³-hybridized carbons (Fsp3) is 0.0909. The largest absolute Gasteiger partial charge is 0.508 e. The van der Waals surface area contributed by atoms with E-state index in [4.69, 9.17) is 11.6 Å². The van der Waals surface area contributed by atoms with Crippen LogP contribution in [0.2, 0.25) is 5.02 Å². The predicted octanol–water partition coefficient (Wildman–Crippen LogP) is 3.06. The number of aromatic hydroxyl groups is 1. The van der Waals surface area contributed by atoms with Gasteiger partial charge in [0.15, 0.2) is 5.13 Å². The highest BCUT2D eigenvalue weighted by Crippen LogP contribution is 2.23. The third-order valence-electron chi connectivity index (χ3n) is 2.04. The Morgan fingerprint density at radius 3 is 2.94 bits per heavy atom. The number of carbonyl (C=O) groups excluding carboxylic acids is 1. The second-order valence-electron chi connectivity index (χ2n) is 3.39. The highest BCUT2D eigenvalue weighted by atomic mass is 35.5. The molecule has 6 heteroatoms. The first kappa shape index (κ1) is 11.9. The molecule has 1 amide bonds. The molecule has 0 aliphatic heterocycles. The third-order valence-corrected chi connectivity index (χ3v) is 3.19. The molecular formula is C11H9ClN2O2S. The van der Waals surface area contributed by atoms with Crippen molar-refractivity contribution in [2.45, 2.75) is 6.92 Å². The van der Waals surface area contributed by atoms with Crippen molar-refractivity contribution in [3.05, 3.63) is 39.9 Å². The number of nitrogens with one attached hydrogen (secondary N) is 1. The summed E-state index contributed by atoms with van der Waals surface area (Å²) in [4.78, 5) is 16.9. The topological polar surface area (TPSA) is 62.2 Å². The Morgan fingerprint density at radius 1 is 1.53 bits per heavy atom. The van der Waals surface area contributed by atoms with E-state index >= 15 is 0 Å². The molecule has 0 radical (unpaired) electrons. The number of phenolic OH excluding ortho intramolecular Hbond substituents is 1. The van der Waals surface area contributed by atoms with Crippen LogP contribution in [0, 0.1) is 6.92 Å². The predicted molar refractivity (Wildman–Crippen MR) is 67.9 cm³/mol. The van der Waals surface area contributed by atoms with Crippen molar-refractivity contribution in [3.8, 4) is 5.75 Å². The molecule has 17 heavy (non-hydrogen) atoms. The van der Waals surface area contributed by atoms with Crippen molar-refractivity contribution >= 4 is 34.0 Å². The molecule has 0 aliphatic carbocycles. The van der Waals surface area contributed by atoms with Gasteiger partial charge >= 0.3 is 0 Å². The van der Waals surface area contributed by atoms with E-state index in [9.17, 15) is 9.90 Å². The normalized spacial score (nSPS) is 10.2. The molecular weight excluding hydrogens is 260 g/mol. The molecule has 0 saturated carbocycles. The molecule has 1 heterocycles. The minimum Gasteiger partial charge on any atom is -0.508 e. The van der Waals surface area contributed by atoms with Crippen LogP contribution in [0.15, 0.2) is 24.4 Å². The summed E-state index contributed by atoms with van der Waals surface area (Å²) < 4.78 is 0. The van der Waals surface area contributed by atoms with E-state index < -0.39 is 0 Å². The summed E-state index contributed by atoms with van der Waals surface area (Å²) in [6, 6.07) is 4.21. The highest BCUT2D eigenvalue weighted by molar-refractivity contribution is 7.15. The number of hydrogen-bond donors (Lipinski definition) is 2. The van der Waals surface area contributed by atoms with Gasteiger partial charge in [0.1, 0.15) is 5.75 Å². The first-order valence-electron chi connectivity index (χ1n) is 4.78. The van der Waals surface area contributed by atoms with Crippen molar-refractivity contribution in [2.24, 2.45) is 0 Å². The number of benzene rings is 1. The number of aryl methyl sites for hydroxylation is 1. The quantitative estimate of drug-likeness (QED) is 0.880. The van der Waals surface area contributed by atoms with Gasteiger partial charge in [0.25, 0.3) is 5.91 Å². The van der Waals surface area contributed by atoms with E-state index in [1.165, 1.54) is 29.5 Å². The van der Waals surface area contributed by atoms with Gasteiger partial charge in [-0.25, -0.2) is 4.98 Å². The average molecular weight is 269 g/mol. The van der Waals surface area contributed by atoms with E-state index in [2.05, 4.69) is 10.3 Å². The zero-order chi connectivity index (χ0) is 12.4. The molecule has 0 aliphatic rings. The summed E-state index contributed by atoms with van der Waals surface area (Å²) in [7, 11) is 0. The maximum Gasteiger partial charge on any atom is 0.259 e. The number of amides is 1. The maximum atomic E-state index is 11.9. The molecule has 2 N–H and O–H groups in total. The van der Waals surface area contributed by atoms with Gasteiger partial charge in [0.2, 0.25) is 0 Å². The molecule has 1 aromatic carbocycles. The molecule has 0 bridgehead atoms. The minimum absolute atomic E-state index is 0.00475. The molecule has 0 spiro atoms. The first-order valence-corrected chi connectivity index (χ1v) is 5.98. The summed E-state index contributed by atoms with van der Waals surface area (Å²) in [6.45, 7) is 1.90. The van der Waals surface area contributed by atoms with Crippen molar-refractivity contribution in [1.82, 2.24) is 4.98 Å². The molecule has 2 rings (SSSR count). The Bertz CT molecular complexity index is 568. The molecule has 2 aromatic rings. The number of aromatic nitrogens is 1. The number of halogens is 1. The Hall–Kier alpha value is -1.59. The smallest absolute Gasteiger partial charge is 0.259 e. The van der Waals surface area contributed by atoms with E-state index in [0.29, 0.717) is 5.13 Å². The summed E-state index contributed by atoms with van der Waals surface area (Å²) in [6.07, 6.45) is 1.67. The highest BCUT2D eigenvalue weighted by Gasteiger charge is 2.12. The van der Waals surface area contributed by atoms with Crippen LogP contribution in [-0.4, -0.2) is 16.0 Å². The van der Waals surface area contributed by atoms with Crippen LogP contribution >= 0.6 is 22.9 Å². The fourth-order valence-electron chi connectivity index (χ4n) is 1.26. The lowest BCUT2D eigenvalue weighted by Gasteiger charge is -2.04. The lowest BCUT2D eigenvalue weighted by atomic mass is 10.2. The number of anilines is 1. The Kier molecular flexibility index (Phi) is 3.31. The second kappa shape index (κ2) is 4.73. The fourth-order valence-corrected chi connectivity index (χ4v) is 2.13. The average Bonchev–Trinajstić information content (AvgIpc) is 2.67. The zero-order valence-electron chi connectivity index (χ0n) is 8.90. The van der Waals surface area contributed by atoms with Crippen LogP contribution in [0.25, 0.3) is 0 Å². The SMILES string of the molecule is Cc1cnc(NC(=O)c2cc(O)ccc2Cl)s1. The van der Waals surface area contributed by atoms with Crippen LogP contribution in [0.4, 0.5) is 5.13 Å². The monoisotopic (exact) mass is 268 g/mol. The van der Waals surface area contributed by atoms with E-state index in [1.54, 1.807) is 6.20 Å². The van der Waals surface area contributed by atoms with E-state index in [1.807, 2.05) is 6.92 Å². The third kappa shape index (κ3) is 2.75. The van der Waals surface area contributed by atoms with E-state index in [-0.39, 0.29) is 22.2 Å². The number of carbonyl (C=O) groups is 1. The molecule has 1 aromatic heterocycles. The first-order chi connectivity index (χ1) is 8.06.